The third kappa shape index (κ3) is 7.25. The fourth-order valence-electron chi connectivity index (χ4n) is 6.51. The van der Waals surface area contributed by atoms with Crippen molar-refractivity contribution in [3.05, 3.63) is 139 Å². The molecule has 0 aliphatic heterocycles. The molecule has 2 amide bonds. The minimum absolute atomic E-state index is 0.0223. The second-order valence-electron chi connectivity index (χ2n) is 14.3. The number of carbonyl (C=O) groups is 4. The lowest BCUT2D eigenvalue weighted by Gasteiger charge is -2.22. The molecule has 292 valence electrons. The summed E-state index contributed by atoms with van der Waals surface area (Å²) in [5.41, 5.74) is -1.68. The van der Waals surface area contributed by atoms with Crippen molar-refractivity contribution in [3.63, 3.8) is 0 Å². The van der Waals surface area contributed by atoms with E-state index in [2.05, 4.69) is 20.6 Å². The molecule has 6 aromatic rings. The number of benzene rings is 4. The summed E-state index contributed by atoms with van der Waals surface area (Å²) in [5, 5.41) is 29.8. The Hall–Kier alpha value is -7.62. The molecular formula is C42H34N6O10. The molecule has 0 saturated carbocycles. The second-order valence-corrected chi connectivity index (χ2v) is 14.3. The normalized spacial score (nSPS) is 12.0. The first-order valence-electron chi connectivity index (χ1n) is 18.1. The molecule has 16 nitrogen and oxygen atoms in total. The number of nitrogens with one attached hydrogen (secondary N) is 2. The molecule has 16 heteroatoms. The standard InChI is InChI=1S/C42H34N6O10/c1-21(2)19-57-33-17-29(43-37-23(33)9-7-15-31(37)47(53)54)41(51)45-27-13-5-11-25-35(27)39(49)26-12-6-14-28(36(26)40(25)50)46-42(52)30-18-34(58-20-22(3)4)24-10-8-16-32(48(55)56)38(24)44-30/h5-18,21-22H,19-20H2,1-4H3,(H,45,51)(H,46,52). The van der Waals surface area contributed by atoms with Crippen LogP contribution < -0.4 is 20.1 Å². The van der Waals surface area contributed by atoms with E-state index in [0.29, 0.717) is 10.8 Å². The van der Waals surface area contributed by atoms with Gasteiger partial charge in [0.05, 0.1) is 45.6 Å². The van der Waals surface area contributed by atoms with Gasteiger partial charge in [0.2, 0.25) is 0 Å². The van der Waals surface area contributed by atoms with Crippen molar-refractivity contribution in [2.24, 2.45) is 11.8 Å². The van der Waals surface area contributed by atoms with Crippen LogP contribution in [0, 0.1) is 32.1 Å². The SMILES string of the molecule is CC(C)COc1cc(C(=O)Nc2cccc3c2C(=O)c2cccc(NC(=O)c4cc(OCC(C)C)c5cccc([N+](=O)[O-])c5n4)c2C3=O)nc2c([N+](=O)[O-])cccc12. The molecule has 2 heterocycles. The highest BCUT2D eigenvalue weighted by molar-refractivity contribution is 6.33. The van der Waals surface area contributed by atoms with E-state index in [0.717, 1.165) is 0 Å². The van der Waals surface area contributed by atoms with Gasteiger partial charge in [0.1, 0.15) is 22.9 Å². The van der Waals surface area contributed by atoms with Crippen molar-refractivity contribution in [2.45, 2.75) is 27.7 Å². The maximum Gasteiger partial charge on any atom is 0.295 e. The van der Waals surface area contributed by atoms with Crippen molar-refractivity contribution in [2.75, 3.05) is 23.8 Å². The number of ether oxygens (including phenoxy) is 2. The zero-order valence-corrected chi connectivity index (χ0v) is 31.5. The zero-order valence-electron chi connectivity index (χ0n) is 31.5. The van der Waals surface area contributed by atoms with Crippen molar-refractivity contribution < 1.29 is 38.5 Å². The van der Waals surface area contributed by atoms with Crippen LogP contribution in [0.2, 0.25) is 0 Å². The predicted octanol–water partition coefficient (Wildman–Crippen LogP) is 7.95. The lowest BCUT2D eigenvalue weighted by atomic mass is 9.82. The van der Waals surface area contributed by atoms with E-state index in [9.17, 15) is 39.4 Å². The highest BCUT2D eigenvalue weighted by atomic mass is 16.6. The third-order valence-electron chi connectivity index (χ3n) is 9.13. The van der Waals surface area contributed by atoms with E-state index in [1.54, 1.807) is 12.1 Å². The van der Waals surface area contributed by atoms with Crippen LogP contribution >= 0.6 is 0 Å². The minimum Gasteiger partial charge on any atom is -0.493 e. The highest BCUT2D eigenvalue weighted by Crippen LogP contribution is 2.38. The van der Waals surface area contributed by atoms with Gasteiger partial charge in [-0.15, -0.1) is 0 Å². The third-order valence-corrected chi connectivity index (χ3v) is 9.13. The number of ketones is 2. The summed E-state index contributed by atoms with van der Waals surface area (Å²) in [6.07, 6.45) is 0. The maximum absolute atomic E-state index is 14.2. The molecule has 0 saturated heterocycles. The van der Waals surface area contributed by atoms with Crippen LogP contribution in [0.3, 0.4) is 0 Å². The fourth-order valence-corrected chi connectivity index (χ4v) is 6.51. The predicted molar refractivity (Wildman–Crippen MR) is 213 cm³/mol. The number of anilines is 2. The molecule has 1 aliphatic carbocycles. The van der Waals surface area contributed by atoms with Crippen molar-refractivity contribution in [1.29, 1.82) is 0 Å². The molecule has 2 N–H and O–H groups in total. The Labute approximate surface area is 329 Å². The maximum atomic E-state index is 14.2. The lowest BCUT2D eigenvalue weighted by molar-refractivity contribution is -0.383. The van der Waals surface area contributed by atoms with E-state index >= 15 is 0 Å². The summed E-state index contributed by atoms with van der Waals surface area (Å²) in [7, 11) is 0. The quantitative estimate of drug-likeness (QED) is 0.0890. The topological polar surface area (TPSA) is 223 Å². The van der Waals surface area contributed by atoms with E-state index < -0.39 is 33.2 Å². The van der Waals surface area contributed by atoms with E-state index in [1.165, 1.54) is 72.8 Å². The number of nitro benzene ring substituents is 2. The van der Waals surface area contributed by atoms with Gasteiger partial charge in [0, 0.05) is 46.2 Å². The Morgan fingerprint density at radius 1 is 0.621 bits per heavy atom. The van der Waals surface area contributed by atoms with Crippen LogP contribution in [0.25, 0.3) is 21.8 Å². The number of fused-ring (bicyclic) bond motifs is 4. The van der Waals surface area contributed by atoms with Gasteiger partial charge >= 0.3 is 0 Å². The van der Waals surface area contributed by atoms with E-state index in [4.69, 9.17) is 9.47 Å². The Bertz CT molecular complexity index is 2560. The molecule has 0 fully saturated rings. The molecule has 58 heavy (non-hydrogen) atoms. The molecule has 2 aromatic heterocycles. The second kappa shape index (κ2) is 15.5. The smallest absolute Gasteiger partial charge is 0.295 e. The van der Waals surface area contributed by atoms with Crippen LogP contribution in [0.15, 0.2) is 84.9 Å². The Morgan fingerprint density at radius 2 is 1.00 bits per heavy atom. The first-order valence-corrected chi connectivity index (χ1v) is 18.1. The minimum atomic E-state index is -0.824. The number of amides is 2. The summed E-state index contributed by atoms with van der Waals surface area (Å²) in [4.78, 5) is 87.2. The number of rotatable bonds is 12. The van der Waals surface area contributed by atoms with Crippen molar-refractivity contribution >= 4 is 67.9 Å². The molecule has 0 bridgehead atoms. The summed E-state index contributed by atoms with van der Waals surface area (Å²) in [5.74, 6) is -2.33. The van der Waals surface area contributed by atoms with E-state index in [1.807, 2.05) is 27.7 Å². The van der Waals surface area contributed by atoms with Gasteiger partial charge in [-0.1, -0.05) is 64.1 Å². The number of pyridine rings is 2. The Balaban J connectivity index is 1.22. The zero-order chi connectivity index (χ0) is 41.4. The van der Waals surface area contributed by atoms with Gasteiger partial charge in [-0.3, -0.25) is 39.4 Å². The van der Waals surface area contributed by atoms with Crippen molar-refractivity contribution in [3.8, 4) is 11.5 Å². The van der Waals surface area contributed by atoms with Gasteiger partial charge < -0.3 is 20.1 Å². The summed E-state index contributed by atoms with van der Waals surface area (Å²) >= 11 is 0. The Morgan fingerprint density at radius 3 is 1.36 bits per heavy atom. The molecule has 7 rings (SSSR count). The fraction of sp³-hybridized carbons (Fsp3) is 0.190. The highest BCUT2D eigenvalue weighted by Gasteiger charge is 2.35. The van der Waals surface area contributed by atoms with Crippen LogP contribution in [0.5, 0.6) is 11.5 Å². The van der Waals surface area contributed by atoms with Crippen molar-refractivity contribution in [1.82, 2.24) is 9.97 Å². The van der Waals surface area contributed by atoms with E-state index in [-0.39, 0.29) is 104 Å². The number of nitro groups is 2. The van der Waals surface area contributed by atoms with Gasteiger partial charge in [0.25, 0.3) is 23.2 Å². The largest absolute Gasteiger partial charge is 0.493 e. The molecule has 0 spiro atoms. The molecule has 0 unspecified atom stereocenters. The number of hydrogen-bond acceptors (Lipinski definition) is 12. The monoisotopic (exact) mass is 782 g/mol. The molecular weight excluding hydrogens is 748 g/mol. The number of carbonyl (C=O) groups excluding carboxylic acids is 4. The molecule has 1 aliphatic rings. The first kappa shape index (κ1) is 38.6. The first-order chi connectivity index (χ1) is 27.7. The van der Waals surface area contributed by atoms with Crippen LogP contribution in [0.1, 0.15) is 80.5 Å². The molecule has 4 aromatic carbocycles. The molecule has 0 atom stereocenters. The summed E-state index contributed by atoms with van der Waals surface area (Å²) in [6.45, 7) is 8.18. The van der Waals surface area contributed by atoms with Crippen LogP contribution in [-0.4, -0.2) is 56.4 Å². The van der Waals surface area contributed by atoms with Crippen LogP contribution in [-0.2, 0) is 0 Å². The Kier molecular flexibility index (Phi) is 10.3. The molecule has 0 radical (unpaired) electrons. The van der Waals surface area contributed by atoms with Gasteiger partial charge in [0.15, 0.2) is 22.6 Å². The number of hydrogen-bond donors (Lipinski definition) is 2. The number of nitrogens with zero attached hydrogens (tertiary/aromatic N) is 4. The number of para-hydroxylation sites is 2. The summed E-state index contributed by atoms with van der Waals surface area (Å²) < 4.78 is 11.9. The van der Waals surface area contributed by atoms with Gasteiger partial charge in [-0.25, -0.2) is 9.97 Å². The lowest BCUT2D eigenvalue weighted by Crippen LogP contribution is -2.26. The van der Waals surface area contributed by atoms with Gasteiger partial charge in [-0.05, 0) is 36.1 Å². The van der Waals surface area contributed by atoms with Crippen LogP contribution in [0.4, 0.5) is 22.7 Å². The number of aromatic nitrogens is 2. The average Bonchev–Trinajstić information content (AvgIpc) is 3.19. The summed E-state index contributed by atoms with van der Waals surface area (Å²) in [6, 6.07) is 20.0. The average molecular weight is 783 g/mol. The van der Waals surface area contributed by atoms with Gasteiger partial charge in [-0.2, -0.15) is 0 Å². The number of non-ortho nitro benzene ring substituents is 2.